The predicted octanol–water partition coefficient (Wildman–Crippen LogP) is 13.1. The average molecular weight is 2130 g/mol. The molecule has 0 spiro atoms. The first-order valence-electron chi connectivity index (χ1n) is 34.6. The largest absolute Gasteiger partial charge is 0.348 e. The molecule has 8 aromatic carbocycles. The van der Waals surface area contributed by atoms with Crippen LogP contribution in [0.2, 0.25) is 0 Å². The molecule has 0 aliphatic carbocycles. The monoisotopic (exact) mass is 2130 g/mol. The van der Waals surface area contributed by atoms with Crippen LogP contribution in [0, 0.1) is 73.8 Å². The molecule has 0 bridgehead atoms. The van der Waals surface area contributed by atoms with Crippen LogP contribution in [0.15, 0.2) is 292 Å². The Morgan fingerprint density at radius 3 is 0.898 bits per heavy atom. The summed E-state index contributed by atoms with van der Waals surface area (Å²) in [5.74, 6) is 0.873. The Morgan fingerprint density at radius 1 is 0.259 bits per heavy atom. The molecule has 0 unspecified atom stereocenters. The summed E-state index contributed by atoms with van der Waals surface area (Å²) in [6.07, 6.45) is 38.6. The van der Waals surface area contributed by atoms with E-state index in [1.807, 2.05) is 230 Å². The van der Waals surface area contributed by atoms with E-state index >= 15 is 0 Å². The molecule has 0 saturated carbocycles. The number of aryl methyl sites for hydroxylation is 4. The number of benzene rings is 8. The van der Waals surface area contributed by atoms with Gasteiger partial charge in [0.2, 0.25) is 25.3 Å². The molecule has 0 atom stereocenters. The fourth-order valence-corrected chi connectivity index (χ4v) is 11.8. The normalized spacial score (nSPS) is 10.4. The molecule has 0 saturated heterocycles. The third-order valence-electron chi connectivity index (χ3n) is 16.8. The minimum absolute atomic E-state index is 0. The van der Waals surface area contributed by atoms with Crippen LogP contribution in [-0.4, -0.2) is 38.2 Å². The molecule has 0 fully saturated rings. The van der Waals surface area contributed by atoms with E-state index in [0.717, 1.165) is 153 Å². The van der Waals surface area contributed by atoms with Crippen molar-refractivity contribution >= 4 is 0 Å². The average Bonchev–Trinajstić information content (AvgIpc) is 1.50. The van der Waals surface area contributed by atoms with Crippen LogP contribution in [0.3, 0.4) is 0 Å². The van der Waals surface area contributed by atoms with Crippen molar-refractivity contribution in [1.29, 1.82) is 0 Å². The molecule has 552 valence electrons. The molecule has 16 rings (SSSR count). The number of pyridine rings is 4. The first-order valence-corrected chi connectivity index (χ1v) is 34.6. The van der Waals surface area contributed by atoms with Crippen LogP contribution in [0.5, 0.6) is 0 Å². The number of imidazole rings is 4. The number of hydrogen-bond donors (Lipinski definition) is 0. The van der Waals surface area contributed by atoms with Crippen molar-refractivity contribution in [3.8, 4) is 22.9 Å². The van der Waals surface area contributed by atoms with Gasteiger partial charge in [-0.1, -0.05) is 41.3 Å². The van der Waals surface area contributed by atoms with E-state index in [1.165, 1.54) is 11.1 Å². The number of aromatic nitrogens is 12. The standard InChI is InChI=1S/4C23H19N3.4Pt/c2*1-25-12-13-26(18-25)23-10-5-8-21(17-23)15-19-6-4-7-20(14-19)16-22-9-2-3-11-24-22;1-25-13-14-26(18-25)23-12-5-9-20(17-23)16-22-11-6-10-21(24-22)15-19-7-3-2-4-8-19;1-25-13-14-26(18-25)23-12-6-11-22(24-23)17-21-10-5-9-20(16-21)15-19-7-3-2-4-8-19;;;;/h2*2-13H,15-16H2,1H3;2-7,9-14H,15-16H2,1H3;2-7,9-14H,15,17H2,1H3;;;;/q4*-2;;;;. The summed E-state index contributed by atoms with van der Waals surface area (Å²) >= 11 is 0. The Bertz CT molecular complexity index is 4700. The van der Waals surface area contributed by atoms with Gasteiger partial charge in [-0.05, 0) is 99.9 Å². The Morgan fingerprint density at radius 2 is 0.537 bits per heavy atom. The van der Waals surface area contributed by atoms with Gasteiger partial charge in [0.25, 0.3) is 0 Å². The fourth-order valence-electron chi connectivity index (χ4n) is 11.8. The van der Waals surface area contributed by atoms with Crippen molar-refractivity contribution in [2.45, 2.75) is 51.4 Å². The van der Waals surface area contributed by atoms with E-state index < -0.39 is 0 Å². The first kappa shape index (κ1) is 82.0. The second-order valence-electron chi connectivity index (χ2n) is 25.2. The number of rotatable bonds is 20. The zero-order chi connectivity index (χ0) is 71.1. The maximum absolute atomic E-state index is 4.81. The molecule has 0 aliphatic heterocycles. The maximum Gasteiger partial charge on any atom is 0.244 e. The van der Waals surface area contributed by atoms with Gasteiger partial charge >= 0.3 is 0 Å². The van der Waals surface area contributed by atoms with E-state index in [-0.39, 0.29) is 84.3 Å². The molecule has 8 aromatic heterocycles. The summed E-state index contributed by atoms with van der Waals surface area (Å²) in [6, 6.07) is 105. The summed E-state index contributed by atoms with van der Waals surface area (Å²) in [5, 5.41) is 0. The maximum atomic E-state index is 4.81. The van der Waals surface area contributed by atoms with Crippen LogP contribution in [0.4, 0.5) is 0 Å². The molecule has 0 aliphatic rings. The zero-order valence-electron chi connectivity index (χ0n) is 60.0. The van der Waals surface area contributed by atoms with E-state index in [9.17, 15) is 0 Å². The first-order chi connectivity index (χ1) is 51.0. The van der Waals surface area contributed by atoms with Gasteiger partial charge in [0.1, 0.15) is 5.82 Å². The van der Waals surface area contributed by atoms with E-state index in [0.29, 0.717) is 0 Å². The van der Waals surface area contributed by atoms with Crippen molar-refractivity contribution in [3.63, 3.8) is 0 Å². The van der Waals surface area contributed by atoms with Gasteiger partial charge in [0.15, 0.2) is 0 Å². The topological polar surface area (TPSA) is 86.8 Å². The Kier molecular flexibility index (Phi) is 31.8. The number of nitrogens with zero attached hydrogens (tertiary/aromatic N) is 12. The predicted molar refractivity (Wildman–Crippen MR) is 399 cm³/mol. The van der Waals surface area contributed by atoms with Crippen LogP contribution < -0.4 is 18.3 Å². The Hall–Kier alpha value is -10.0. The smallest absolute Gasteiger partial charge is 0.244 e. The summed E-state index contributed by atoms with van der Waals surface area (Å²) in [5.41, 5.74) is 20.9. The van der Waals surface area contributed by atoms with E-state index in [4.69, 9.17) is 9.97 Å². The van der Waals surface area contributed by atoms with Crippen LogP contribution in [0.25, 0.3) is 22.9 Å². The van der Waals surface area contributed by atoms with Crippen molar-refractivity contribution < 1.29 is 103 Å². The van der Waals surface area contributed by atoms with Gasteiger partial charge in [0, 0.05) is 175 Å². The van der Waals surface area contributed by atoms with Crippen LogP contribution in [-0.2, 0) is 164 Å². The molecule has 0 radical (unpaired) electrons. The minimum atomic E-state index is 0. The van der Waals surface area contributed by atoms with Crippen molar-refractivity contribution in [1.82, 2.24) is 38.2 Å². The van der Waals surface area contributed by atoms with Gasteiger partial charge in [-0.15, -0.1) is 0 Å². The molecule has 0 amide bonds. The molecular formula is C92H76N12Pt4-8. The Balaban J connectivity index is 0.000000164. The van der Waals surface area contributed by atoms with Gasteiger partial charge in [-0.25, -0.2) is 0 Å². The SMILES string of the molecule is C[n+]1[c-]n(-c2[c-]c(Cc3[c-]c(Cc4ccccn4)ccc3)ccc2)cc1.C[n+]1[c-]n(-c2[c-]c(Cc3[c-]c(Cc4ccccn4)ccc3)ccc2)cc1.C[n+]1[c-]n(-c2[c-]c(Cc3cccc(Cc4[c-]cccc4)n3)ccc2)cc1.C[n+]1[c-]n(-c2cccc(Cc3[c-]c(Cc4[c-]cccc4)ccc3)n2)cc1.[Pt].[Pt].[Pt].[Pt]. The van der Waals surface area contributed by atoms with Gasteiger partial charge in [0.05, 0.1) is 28.2 Å². The second kappa shape index (κ2) is 41.9. The van der Waals surface area contributed by atoms with Gasteiger partial charge in [-0.3, -0.25) is 19.9 Å². The van der Waals surface area contributed by atoms with Crippen molar-refractivity contribution in [2.24, 2.45) is 28.2 Å². The molecular weight excluding hydrogens is 2050 g/mol. The molecule has 108 heavy (non-hydrogen) atoms. The van der Waals surface area contributed by atoms with Crippen molar-refractivity contribution in [3.05, 3.63) is 456 Å². The van der Waals surface area contributed by atoms with Crippen LogP contribution in [0.1, 0.15) is 89.7 Å². The summed E-state index contributed by atoms with van der Waals surface area (Å²) < 4.78 is 15.3. The molecule has 8 heterocycles. The summed E-state index contributed by atoms with van der Waals surface area (Å²) in [4.78, 5) is 18.4. The van der Waals surface area contributed by atoms with E-state index in [2.05, 4.69) is 211 Å². The Labute approximate surface area is 693 Å². The molecule has 16 heteroatoms. The second-order valence-corrected chi connectivity index (χ2v) is 25.2. The molecule has 12 nitrogen and oxygen atoms in total. The summed E-state index contributed by atoms with van der Waals surface area (Å²) in [6.45, 7) is 0. The number of hydrogen-bond acceptors (Lipinski definition) is 4. The van der Waals surface area contributed by atoms with Crippen LogP contribution >= 0.6 is 0 Å². The van der Waals surface area contributed by atoms with Gasteiger partial charge < -0.3 is 36.5 Å². The third kappa shape index (κ3) is 25.0. The third-order valence-corrected chi connectivity index (χ3v) is 16.8. The summed E-state index contributed by atoms with van der Waals surface area (Å²) in [7, 11) is 7.83. The zero-order valence-corrected chi connectivity index (χ0v) is 69.1. The minimum Gasteiger partial charge on any atom is -0.348 e. The fraction of sp³-hybridized carbons (Fsp3) is 0.130. The quantitative estimate of drug-likeness (QED) is 0.0562. The van der Waals surface area contributed by atoms with E-state index in [1.54, 1.807) is 0 Å². The molecule has 16 aromatic rings. The van der Waals surface area contributed by atoms with Gasteiger partial charge in [-0.2, -0.15) is 267 Å². The van der Waals surface area contributed by atoms with Crippen molar-refractivity contribution in [2.75, 3.05) is 0 Å². The molecule has 0 N–H and O–H groups in total.